The van der Waals surface area contributed by atoms with Gasteiger partial charge in [-0.15, -0.1) is 0 Å². The average molecular weight is 366 g/mol. The van der Waals surface area contributed by atoms with Crippen molar-refractivity contribution in [1.29, 1.82) is 0 Å². The van der Waals surface area contributed by atoms with Gasteiger partial charge in [-0.05, 0) is 40.2 Å². The van der Waals surface area contributed by atoms with E-state index in [2.05, 4.69) is 21.2 Å². The standard InChI is InChI=1S/C16H16BrNO4/c1-20-14-8-7-11(9-15(14)21-2)18-16(19)10-22-13-6-4-3-5-12(13)17/h3-9H,10H2,1-2H3,(H,18,19). The Kier molecular flexibility index (Phi) is 5.66. The third-order valence-corrected chi connectivity index (χ3v) is 3.52. The van der Waals surface area contributed by atoms with E-state index in [-0.39, 0.29) is 12.5 Å². The molecule has 0 bridgehead atoms. The molecule has 0 unspecified atom stereocenters. The van der Waals surface area contributed by atoms with Gasteiger partial charge in [0.2, 0.25) is 0 Å². The molecule has 2 aromatic rings. The number of amides is 1. The summed E-state index contributed by atoms with van der Waals surface area (Å²) in [5.41, 5.74) is 0.610. The van der Waals surface area contributed by atoms with Gasteiger partial charge in [0.05, 0.1) is 18.7 Å². The third kappa shape index (κ3) is 4.14. The number of hydrogen-bond donors (Lipinski definition) is 1. The molecule has 116 valence electrons. The van der Waals surface area contributed by atoms with Crippen molar-refractivity contribution in [3.05, 3.63) is 46.9 Å². The van der Waals surface area contributed by atoms with Crippen molar-refractivity contribution < 1.29 is 19.0 Å². The molecule has 0 heterocycles. The van der Waals surface area contributed by atoms with Crippen molar-refractivity contribution in [2.45, 2.75) is 0 Å². The summed E-state index contributed by atoms with van der Waals surface area (Å²) >= 11 is 3.36. The number of ether oxygens (including phenoxy) is 3. The molecule has 1 N–H and O–H groups in total. The van der Waals surface area contributed by atoms with Gasteiger partial charge in [-0.3, -0.25) is 4.79 Å². The number of hydrogen-bond acceptors (Lipinski definition) is 4. The highest BCUT2D eigenvalue weighted by molar-refractivity contribution is 9.10. The highest BCUT2D eigenvalue weighted by Gasteiger charge is 2.09. The highest BCUT2D eigenvalue weighted by Crippen LogP contribution is 2.29. The van der Waals surface area contributed by atoms with Crippen LogP contribution in [0, 0.1) is 0 Å². The summed E-state index contributed by atoms with van der Waals surface area (Å²) in [6.45, 7) is -0.0864. The first-order valence-corrected chi connectivity index (χ1v) is 7.32. The zero-order valence-electron chi connectivity index (χ0n) is 12.3. The van der Waals surface area contributed by atoms with Gasteiger partial charge in [-0.2, -0.15) is 0 Å². The molecule has 0 aromatic heterocycles. The number of carbonyl (C=O) groups is 1. The van der Waals surface area contributed by atoms with E-state index in [1.807, 2.05) is 18.2 Å². The smallest absolute Gasteiger partial charge is 0.262 e. The van der Waals surface area contributed by atoms with E-state index < -0.39 is 0 Å². The van der Waals surface area contributed by atoms with Crippen molar-refractivity contribution in [3.8, 4) is 17.2 Å². The fraction of sp³-hybridized carbons (Fsp3) is 0.188. The van der Waals surface area contributed by atoms with Crippen LogP contribution in [0.4, 0.5) is 5.69 Å². The Bertz CT molecular complexity index is 660. The van der Waals surface area contributed by atoms with Crippen molar-refractivity contribution in [3.63, 3.8) is 0 Å². The molecule has 0 saturated carbocycles. The number of rotatable bonds is 6. The summed E-state index contributed by atoms with van der Waals surface area (Å²) < 4.78 is 16.6. The summed E-state index contributed by atoms with van der Waals surface area (Å²) in [7, 11) is 3.10. The predicted octanol–water partition coefficient (Wildman–Crippen LogP) is 3.48. The molecule has 6 heteroatoms. The van der Waals surface area contributed by atoms with Crippen LogP contribution >= 0.6 is 15.9 Å². The average Bonchev–Trinajstić information content (AvgIpc) is 2.54. The molecule has 0 spiro atoms. The minimum atomic E-state index is -0.261. The maximum atomic E-state index is 11.9. The number of anilines is 1. The SMILES string of the molecule is COc1ccc(NC(=O)COc2ccccc2Br)cc1OC. The van der Waals surface area contributed by atoms with Crippen molar-refractivity contribution >= 4 is 27.5 Å². The minimum Gasteiger partial charge on any atom is -0.493 e. The lowest BCUT2D eigenvalue weighted by atomic mass is 10.2. The van der Waals surface area contributed by atoms with Crippen LogP contribution in [0.3, 0.4) is 0 Å². The van der Waals surface area contributed by atoms with Gasteiger partial charge in [-0.1, -0.05) is 12.1 Å². The number of para-hydroxylation sites is 1. The minimum absolute atomic E-state index is 0.0864. The number of methoxy groups -OCH3 is 2. The normalized spacial score (nSPS) is 9.95. The summed E-state index contributed by atoms with van der Waals surface area (Å²) in [5.74, 6) is 1.50. The molecule has 0 atom stereocenters. The van der Waals surface area contributed by atoms with Crippen molar-refractivity contribution in [2.75, 3.05) is 26.1 Å². The summed E-state index contributed by atoms with van der Waals surface area (Å²) in [6, 6.07) is 12.5. The molecule has 1 amide bonds. The molecule has 0 aliphatic rings. The lowest BCUT2D eigenvalue weighted by molar-refractivity contribution is -0.118. The Balaban J connectivity index is 1.96. The first kappa shape index (κ1) is 16.2. The van der Waals surface area contributed by atoms with Gasteiger partial charge in [-0.25, -0.2) is 0 Å². The van der Waals surface area contributed by atoms with Gasteiger partial charge < -0.3 is 19.5 Å². The fourth-order valence-electron chi connectivity index (χ4n) is 1.82. The van der Waals surface area contributed by atoms with Crippen LogP contribution in [0.1, 0.15) is 0 Å². The topological polar surface area (TPSA) is 56.8 Å². The van der Waals surface area contributed by atoms with E-state index in [0.29, 0.717) is 22.9 Å². The third-order valence-electron chi connectivity index (χ3n) is 2.86. The molecule has 0 aliphatic heterocycles. The zero-order valence-corrected chi connectivity index (χ0v) is 13.8. The molecule has 2 aromatic carbocycles. The van der Waals surface area contributed by atoms with E-state index in [0.717, 1.165) is 4.47 Å². The molecular weight excluding hydrogens is 350 g/mol. The second kappa shape index (κ2) is 7.70. The second-order valence-electron chi connectivity index (χ2n) is 4.34. The lowest BCUT2D eigenvalue weighted by Gasteiger charge is -2.11. The summed E-state index contributed by atoms with van der Waals surface area (Å²) in [4.78, 5) is 11.9. The van der Waals surface area contributed by atoms with Crippen LogP contribution in [0.15, 0.2) is 46.9 Å². The summed E-state index contributed by atoms with van der Waals surface area (Å²) in [5, 5.41) is 2.74. The number of carbonyl (C=O) groups excluding carboxylic acids is 1. The zero-order chi connectivity index (χ0) is 15.9. The molecule has 5 nitrogen and oxygen atoms in total. The Morgan fingerprint density at radius 2 is 1.77 bits per heavy atom. The predicted molar refractivity (Wildman–Crippen MR) is 87.8 cm³/mol. The highest BCUT2D eigenvalue weighted by atomic mass is 79.9. The molecule has 0 saturated heterocycles. The monoisotopic (exact) mass is 365 g/mol. The maximum Gasteiger partial charge on any atom is 0.262 e. The van der Waals surface area contributed by atoms with E-state index >= 15 is 0 Å². The molecule has 2 rings (SSSR count). The Morgan fingerprint density at radius 1 is 1.05 bits per heavy atom. The lowest BCUT2D eigenvalue weighted by Crippen LogP contribution is -2.20. The van der Waals surface area contributed by atoms with Crippen molar-refractivity contribution in [1.82, 2.24) is 0 Å². The molecule has 0 fully saturated rings. The molecule has 0 radical (unpaired) electrons. The van der Waals surface area contributed by atoms with Gasteiger partial charge in [0.1, 0.15) is 5.75 Å². The molecular formula is C16H16BrNO4. The largest absolute Gasteiger partial charge is 0.493 e. The second-order valence-corrected chi connectivity index (χ2v) is 5.19. The maximum absolute atomic E-state index is 11.9. The number of benzene rings is 2. The van der Waals surface area contributed by atoms with E-state index in [9.17, 15) is 4.79 Å². The molecule has 0 aliphatic carbocycles. The van der Waals surface area contributed by atoms with Gasteiger partial charge in [0, 0.05) is 11.8 Å². The van der Waals surface area contributed by atoms with E-state index in [1.165, 1.54) is 0 Å². The Labute approximate surface area is 137 Å². The van der Waals surface area contributed by atoms with Crippen LogP contribution in [0.25, 0.3) is 0 Å². The van der Waals surface area contributed by atoms with Crippen LogP contribution in [-0.2, 0) is 4.79 Å². The number of nitrogens with one attached hydrogen (secondary N) is 1. The van der Waals surface area contributed by atoms with Gasteiger partial charge in [0.15, 0.2) is 18.1 Å². The van der Waals surface area contributed by atoms with Crippen molar-refractivity contribution in [2.24, 2.45) is 0 Å². The van der Waals surface area contributed by atoms with E-state index in [4.69, 9.17) is 14.2 Å². The fourth-order valence-corrected chi connectivity index (χ4v) is 2.22. The van der Waals surface area contributed by atoms with Crippen LogP contribution in [0.5, 0.6) is 17.2 Å². The van der Waals surface area contributed by atoms with E-state index in [1.54, 1.807) is 38.5 Å². The first-order chi connectivity index (χ1) is 10.6. The van der Waals surface area contributed by atoms with Gasteiger partial charge >= 0.3 is 0 Å². The summed E-state index contributed by atoms with van der Waals surface area (Å²) in [6.07, 6.45) is 0. The van der Waals surface area contributed by atoms with Gasteiger partial charge in [0.25, 0.3) is 5.91 Å². The first-order valence-electron chi connectivity index (χ1n) is 6.53. The Morgan fingerprint density at radius 3 is 2.45 bits per heavy atom. The number of halogens is 1. The Hall–Kier alpha value is -2.21. The molecule has 22 heavy (non-hydrogen) atoms. The quantitative estimate of drug-likeness (QED) is 0.851. The van der Waals surface area contributed by atoms with Crippen LogP contribution in [-0.4, -0.2) is 26.7 Å². The van der Waals surface area contributed by atoms with Crippen LogP contribution < -0.4 is 19.5 Å². The van der Waals surface area contributed by atoms with Crippen LogP contribution in [0.2, 0.25) is 0 Å².